The Bertz CT molecular complexity index is 900. The summed E-state index contributed by atoms with van der Waals surface area (Å²) in [6.07, 6.45) is 1.19. The average molecular weight is 503 g/mol. The van der Waals surface area contributed by atoms with Crippen LogP contribution in [0.15, 0.2) is 34.8 Å². The van der Waals surface area contributed by atoms with Gasteiger partial charge in [0.2, 0.25) is 0 Å². The lowest BCUT2D eigenvalue weighted by Crippen LogP contribution is -2.39. The van der Waals surface area contributed by atoms with Gasteiger partial charge in [-0.1, -0.05) is 45.2 Å². The topological polar surface area (TPSA) is 59.0 Å². The molecule has 0 amide bonds. The molecule has 0 saturated carbocycles. The molecular formula is C21H22BrCl2NO4. The number of rotatable bonds is 6. The van der Waals surface area contributed by atoms with Crippen molar-refractivity contribution in [3.05, 3.63) is 56.0 Å². The quantitative estimate of drug-likeness (QED) is 0.552. The van der Waals surface area contributed by atoms with E-state index >= 15 is 0 Å². The van der Waals surface area contributed by atoms with E-state index in [2.05, 4.69) is 20.8 Å². The fraction of sp³-hybridized carbons (Fsp3) is 0.381. The number of likely N-dealkylation sites (tertiary alicyclic amines) is 1. The number of carbonyl (C=O) groups is 1. The van der Waals surface area contributed by atoms with E-state index in [-0.39, 0.29) is 12.0 Å². The SMILES string of the molecule is COc1cc(Br)c(C(c2ccc(Cl)c(Cl)c2)N2CCC(C(=O)O)CC2)cc1OC. The maximum absolute atomic E-state index is 11.4. The van der Waals surface area contributed by atoms with Gasteiger partial charge in [0.15, 0.2) is 11.5 Å². The van der Waals surface area contributed by atoms with Crippen LogP contribution in [0.3, 0.4) is 0 Å². The normalized spacial score (nSPS) is 16.4. The molecule has 156 valence electrons. The Morgan fingerprint density at radius 1 is 1.10 bits per heavy atom. The summed E-state index contributed by atoms with van der Waals surface area (Å²) in [5, 5.41) is 10.3. The average Bonchev–Trinajstić information content (AvgIpc) is 2.72. The number of ether oxygens (including phenoxy) is 2. The number of benzene rings is 2. The molecule has 1 N–H and O–H groups in total. The Morgan fingerprint density at radius 3 is 2.28 bits per heavy atom. The first-order valence-electron chi connectivity index (χ1n) is 9.19. The smallest absolute Gasteiger partial charge is 0.306 e. The molecule has 1 saturated heterocycles. The second kappa shape index (κ2) is 9.56. The number of piperidine rings is 1. The number of aliphatic carboxylic acids is 1. The molecule has 3 rings (SSSR count). The van der Waals surface area contributed by atoms with Crippen LogP contribution in [0.2, 0.25) is 10.0 Å². The molecule has 5 nitrogen and oxygen atoms in total. The largest absolute Gasteiger partial charge is 0.493 e. The molecule has 2 aromatic carbocycles. The van der Waals surface area contributed by atoms with Gasteiger partial charge in [-0.3, -0.25) is 9.69 Å². The Hall–Kier alpha value is -1.47. The molecule has 0 aliphatic carbocycles. The number of hydrogen-bond acceptors (Lipinski definition) is 4. The van der Waals surface area contributed by atoms with Crippen LogP contribution in [0.25, 0.3) is 0 Å². The number of halogens is 3. The molecule has 8 heteroatoms. The van der Waals surface area contributed by atoms with E-state index in [9.17, 15) is 9.90 Å². The zero-order valence-electron chi connectivity index (χ0n) is 16.1. The second-order valence-corrected chi connectivity index (χ2v) is 8.62. The van der Waals surface area contributed by atoms with Crippen molar-refractivity contribution in [3.63, 3.8) is 0 Å². The summed E-state index contributed by atoms with van der Waals surface area (Å²) in [5.41, 5.74) is 1.95. The number of nitrogens with zero attached hydrogens (tertiary/aromatic N) is 1. The molecule has 0 spiro atoms. The third-order valence-corrected chi connectivity index (χ3v) is 6.73. The molecule has 0 aromatic heterocycles. The van der Waals surface area contributed by atoms with Gasteiger partial charge in [-0.05, 0) is 61.3 Å². The van der Waals surface area contributed by atoms with E-state index in [1.54, 1.807) is 20.3 Å². The van der Waals surface area contributed by atoms with Crippen molar-refractivity contribution in [3.8, 4) is 11.5 Å². The van der Waals surface area contributed by atoms with Crippen molar-refractivity contribution in [2.24, 2.45) is 5.92 Å². The lowest BCUT2D eigenvalue weighted by Gasteiger charge is -2.37. The van der Waals surface area contributed by atoms with Crippen LogP contribution >= 0.6 is 39.1 Å². The van der Waals surface area contributed by atoms with Crippen LogP contribution in [0, 0.1) is 5.92 Å². The third kappa shape index (κ3) is 4.82. The number of carboxylic acid groups (broad SMARTS) is 1. The van der Waals surface area contributed by atoms with Crippen molar-refractivity contribution in [2.45, 2.75) is 18.9 Å². The minimum absolute atomic E-state index is 0.145. The molecule has 0 bridgehead atoms. The predicted molar refractivity (Wildman–Crippen MR) is 117 cm³/mol. The van der Waals surface area contributed by atoms with Gasteiger partial charge in [-0.2, -0.15) is 0 Å². The van der Waals surface area contributed by atoms with Gasteiger partial charge in [0, 0.05) is 4.47 Å². The van der Waals surface area contributed by atoms with Crippen molar-refractivity contribution < 1.29 is 19.4 Å². The van der Waals surface area contributed by atoms with Gasteiger partial charge in [0.05, 0.1) is 36.2 Å². The van der Waals surface area contributed by atoms with Crippen LogP contribution in [0.1, 0.15) is 30.0 Å². The lowest BCUT2D eigenvalue weighted by molar-refractivity contribution is -0.143. The highest BCUT2D eigenvalue weighted by Crippen LogP contribution is 2.42. The van der Waals surface area contributed by atoms with E-state index in [1.165, 1.54) is 0 Å². The fourth-order valence-corrected chi connectivity index (χ4v) is 4.60. The van der Waals surface area contributed by atoms with E-state index in [0.29, 0.717) is 47.5 Å². The minimum atomic E-state index is -0.733. The zero-order valence-corrected chi connectivity index (χ0v) is 19.2. The van der Waals surface area contributed by atoms with Gasteiger partial charge in [0.1, 0.15) is 0 Å². The molecule has 1 atom stereocenters. The van der Waals surface area contributed by atoms with Gasteiger partial charge in [-0.15, -0.1) is 0 Å². The monoisotopic (exact) mass is 501 g/mol. The molecule has 1 aliphatic heterocycles. The fourth-order valence-electron chi connectivity index (χ4n) is 3.75. The van der Waals surface area contributed by atoms with Crippen LogP contribution in [-0.4, -0.2) is 43.3 Å². The van der Waals surface area contributed by atoms with Crippen molar-refractivity contribution in [1.29, 1.82) is 0 Å². The molecule has 2 aromatic rings. The first-order chi connectivity index (χ1) is 13.8. The maximum atomic E-state index is 11.4. The number of hydrogen-bond donors (Lipinski definition) is 1. The summed E-state index contributed by atoms with van der Waals surface area (Å²) in [5.74, 6) is 0.203. The van der Waals surface area contributed by atoms with Gasteiger partial charge < -0.3 is 14.6 Å². The second-order valence-electron chi connectivity index (χ2n) is 6.95. The van der Waals surface area contributed by atoms with Gasteiger partial charge >= 0.3 is 5.97 Å². The zero-order chi connectivity index (χ0) is 21.1. The van der Waals surface area contributed by atoms with Crippen LogP contribution in [0.4, 0.5) is 0 Å². The highest BCUT2D eigenvalue weighted by molar-refractivity contribution is 9.10. The minimum Gasteiger partial charge on any atom is -0.493 e. The highest BCUT2D eigenvalue weighted by atomic mass is 79.9. The van der Waals surface area contributed by atoms with Gasteiger partial charge in [-0.25, -0.2) is 0 Å². The molecule has 1 aliphatic rings. The first kappa shape index (κ1) is 22.2. The molecule has 0 radical (unpaired) electrons. The molecule has 29 heavy (non-hydrogen) atoms. The summed E-state index contributed by atoms with van der Waals surface area (Å²) in [6, 6.07) is 9.27. The number of methoxy groups -OCH3 is 2. The standard InChI is InChI=1S/C21H22BrCl2NO4/c1-28-18-10-14(15(22)11-19(18)29-2)20(13-3-4-16(23)17(24)9-13)25-7-5-12(6-8-25)21(26)27/h3-4,9-12,20H,5-8H2,1-2H3,(H,26,27). The van der Waals surface area contributed by atoms with Gasteiger partial charge in [0.25, 0.3) is 0 Å². The predicted octanol–water partition coefficient (Wildman–Crippen LogP) is 5.66. The summed E-state index contributed by atoms with van der Waals surface area (Å²) in [7, 11) is 3.19. The van der Waals surface area contributed by atoms with Crippen LogP contribution < -0.4 is 9.47 Å². The summed E-state index contributed by atoms with van der Waals surface area (Å²) in [4.78, 5) is 13.6. The summed E-state index contributed by atoms with van der Waals surface area (Å²) < 4.78 is 11.8. The first-order valence-corrected chi connectivity index (χ1v) is 10.7. The summed E-state index contributed by atoms with van der Waals surface area (Å²) in [6.45, 7) is 1.31. The van der Waals surface area contributed by atoms with Crippen molar-refractivity contribution in [2.75, 3.05) is 27.3 Å². The Balaban J connectivity index is 2.06. The summed E-state index contributed by atoms with van der Waals surface area (Å²) >= 11 is 16.1. The van der Waals surface area contributed by atoms with E-state index in [1.807, 2.05) is 24.3 Å². The molecule has 1 heterocycles. The van der Waals surface area contributed by atoms with Crippen molar-refractivity contribution in [1.82, 2.24) is 4.90 Å². The Morgan fingerprint density at radius 2 is 1.72 bits per heavy atom. The Kier molecular flexibility index (Phi) is 7.32. The number of carboxylic acids is 1. The van der Waals surface area contributed by atoms with Crippen molar-refractivity contribution >= 4 is 45.1 Å². The molecular weight excluding hydrogens is 481 g/mol. The van der Waals surface area contributed by atoms with E-state index in [0.717, 1.165) is 15.6 Å². The van der Waals surface area contributed by atoms with Crippen LogP contribution in [0.5, 0.6) is 11.5 Å². The van der Waals surface area contributed by atoms with Crippen LogP contribution in [-0.2, 0) is 4.79 Å². The third-order valence-electron chi connectivity index (χ3n) is 5.30. The maximum Gasteiger partial charge on any atom is 0.306 e. The lowest BCUT2D eigenvalue weighted by atomic mass is 9.91. The van der Waals surface area contributed by atoms with E-state index < -0.39 is 5.97 Å². The van der Waals surface area contributed by atoms with E-state index in [4.69, 9.17) is 32.7 Å². The molecule has 1 fully saturated rings. The molecule has 1 unspecified atom stereocenters. The highest BCUT2D eigenvalue weighted by Gasteiger charge is 2.32. The Labute approximate surface area is 188 Å².